The molecule has 0 aromatic carbocycles. The van der Waals surface area contributed by atoms with Gasteiger partial charge in [0.15, 0.2) is 0 Å². The summed E-state index contributed by atoms with van der Waals surface area (Å²) in [6.07, 6.45) is 1.50. The lowest BCUT2D eigenvalue weighted by Gasteiger charge is -2.24. The molecule has 3 nitrogen and oxygen atoms in total. The van der Waals surface area contributed by atoms with E-state index in [4.69, 9.17) is 0 Å². The fraction of sp³-hybridized carbons (Fsp3) is 1.00. The maximum atomic E-state index is 3.23. The molecule has 0 heterocycles. The number of hydrogen-bond acceptors (Lipinski definition) is 3. The van der Waals surface area contributed by atoms with Crippen molar-refractivity contribution in [2.45, 2.75) is 25.6 Å². The molecule has 3 heteroatoms. The zero-order chi connectivity index (χ0) is 7.98. The fourth-order valence-corrected chi connectivity index (χ4v) is 1.15. The average Bonchev–Trinajstić information content (AvgIpc) is 2.00. The van der Waals surface area contributed by atoms with E-state index in [2.05, 4.69) is 22.9 Å². The Kier molecular flexibility index (Phi) is 5.58. The van der Waals surface area contributed by atoms with E-state index in [-0.39, 0.29) is 0 Å². The Balaban J connectivity index is 3.70. The summed E-state index contributed by atoms with van der Waals surface area (Å²) in [4.78, 5) is 0. The second kappa shape index (κ2) is 5.65. The lowest BCUT2D eigenvalue weighted by atomic mass is 10.2. The second-order valence-corrected chi connectivity index (χ2v) is 2.36. The standard InChI is InChI=1S/C7H19N3/c1-5-6(8-2)7(9-3)10-4/h6-10H,5H2,1-4H3. The van der Waals surface area contributed by atoms with Crippen LogP contribution in [0.2, 0.25) is 0 Å². The normalized spacial score (nSPS) is 14.1. The maximum Gasteiger partial charge on any atom is 0.0724 e. The number of hydrogen-bond donors (Lipinski definition) is 3. The van der Waals surface area contributed by atoms with Gasteiger partial charge in [0.1, 0.15) is 0 Å². The van der Waals surface area contributed by atoms with Crippen LogP contribution in [0.4, 0.5) is 0 Å². The molecule has 1 unspecified atom stereocenters. The van der Waals surface area contributed by atoms with Crippen LogP contribution in [0.25, 0.3) is 0 Å². The average molecular weight is 145 g/mol. The molecule has 0 aliphatic rings. The van der Waals surface area contributed by atoms with Crippen molar-refractivity contribution in [3.8, 4) is 0 Å². The van der Waals surface area contributed by atoms with Gasteiger partial charge in [-0.05, 0) is 27.6 Å². The highest BCUT2D eigenvalue weighted by atomic mass is 15.1. The van der Waals surface area contributed by atoms with Crippen molar-refractivity contribution in [1.82, 2.24) is 16.0 Å². The smallest absolute Gasteiger partial charge is 0.0724 e. The monoisotopic (exact) mass is 145 g/mol. The van der Waals surface area contributed by atoms with Crippen molar-refractivity contribution in [3.63, 3.8) is 0 Å². The lowest BCUT2D eigenvalue weighted by Crippen LogP contribution is -2.52. The first kappa shape index (κ1) is 9.88. The predicted octanol–water partition coefficient (Wildman–Crippen LogP) is -0.251. The van der Waals surface area contributed by atoms with Crippen molar-refractivity contribution in [2.75, 3.05) is 21.1 Å². The third-order valence-electron chi connectivity index (χ3n) is 1.83. The first-order valence-corrected chi connectivity index (χ1v) is 3.81. The zero-order valence-corrected chi connectivity index (χ0v) is 7.36. The molecule has 0 aromatic rings. The molecule has 0 aliphatic carbocycles. The summed E-state index contributed by atoms with van der Waals surface area (Å²) in [5, 5.41) is 9.59. The molecular formula is C7H19N3. The van der Waals surface area contributed by atoms with Crippen LogP contribution < -0.4 is 16.0 Å². The minimum absolute atomic E-state index is 0.370. The molecule has 0 saturated heterocycles. The molecule has 0 radical (unpaired) electrons. The Morgan fingerprint density at radius 1 is 1.00 bits per heavy atom. The van der Waals surface area contributed by atoms with Crippen LogP contribution in [-0.2, 0) is 0 Å². The van der Waals surface area contributed by atoms with Gasteiger partial charge in [0, 0.05) is 6.04 Å². The quantitative estimate of drug-likeness (QED) is 0.467. The molecule has 0 spiro atoms. The van der Waals surface area contributed by atoms with E-state index in [1.807, 2.05) is 21.1 Å². The molecular weight excluding hydrogens is 126 g/mol. The lowest BCUT2D eigenvalue weighted by molar-refractivity contribution is 0.359. The Hall–Kier alpha value is -0.120. The van der Waals surface area contributed by atoms with E-state index < -0.39 is 0 Å². The predicted molar refractivity (Wildman–Crippen MR) is 45.0 cm³/mol. The molecule has 1 atom stereocenters. The third kappa shape index (κ3) is 2.64. The largest absolute Gasteiger partial charge is 0.314 e. The van der Waals surface area contributed by atoms with Crippen molar-refractivity contribution in [3.05, 3.63) is 0 Å². The van der Waals surface area contributed by atoms with Crippen LogP contribution in [0.5, 0.6) is 0 Å². The van der Waals surface area contributed by atoms with E-state index in [9.17, 15) is 0 Å². The fourth-order valence-electron chi connectivity index (χ4n) is 1.15. The van der Waals surface area contributed by atoms with Gasteiger partial charge >= 0.3 is 0 Å². The Labute approximate surface area is 63.6 Å². The number of rotatable bonds is 5. The summed E-state index contributed by atoms with van der Waals surface area (Å²) in [6, 6.07) is 0.509. The summed E-state index contributed by atoms with van der Waals surface area (Å²) in [5.41, 5.74) is 0. The second-order valence-electron chi connectivity index (χ2n) is 2.36. The van der Waals surface area contributed by atoms with E-state index in [1.165, 1.54) is 0 Å². The number of likely N-dealkylation sites (N-methyl/N-ethyl adjacent to an activating group) is 3. The maximum absolute atomic E-state index is 3.23. The van der Waals surface area contributed by atoms with Crippen LogP contribution in [0.1, 0.15) is 13.3 Å². The van der Waals surface area contributed by atoms with Crippen LogP contribution in [0.15, 0.2) is 0 Å². The van der Waals surface area contributed by atoms with Gasteiger partial charge in [-0.25, -0.2) is 0 Å². The third-order valence-corrected chi connectivity index (χ3v) is 1.83. The summed E-state index contributed by atoms with van der Waals surface area (Å²) in [7, 11) is 5.90. The van der Waals surface area contributed by atoms with Gasteiger partial charge in [0.25, 0.3) is 0 Å². The first-order valence-electron chi connectivity index (χ1n) is 3.81. The number of nitrogens with one attached hydrogen (secondary N) is 3. The van der Waals surface area contributed by atoms with E-state index in [0.717, 1.165) is 6.42 Å². The summed E-state index contributed by atoms with van der Waals surface area (Å²) >= 11 is 0. The SMILES string of the molecule is CCC(NC)C(NC)NC. The molecule has 0 amide bonds. The van der Waals surface area contributed by atoms with Gasteiger partial charge in [-0.15, -0.1) is 0 Å². The Bertz CT molecular complexity index is 57.3. The van der Waals surface area contributed by atoms with E-state index in [0.29, 0.717) is 12.2 Å². The molecule has 10 heavy (non-hydrogen) atoms. The van der Waals surface area contributed by atoms with Gasteiger partial charge in [0.05, 0.1) is 6.17 Å². The minimum atomic E-state index is 0.370. The zero-order valence-electron chi connectivity index (χ0n) is 7.36. The topological polar surface area (TPSA) is 36.1 Å². The molecule has 0 fully saturated rings. The van der Waals surface area contributed by atoms with Crippen LogP contribution in [-0.4, -0.2) is 33.4 Å². The molecule has 3 N–H and O–H groups in total. The summed E-state index contributed by atoms with van der Waals surface area (Å²) in [5.74, 6) is 0. The Morgan fingerprint density at radius 3 is 1.60 bits per heavy atom. The van der Waals surface area contributed by atoms with E-state index in [1.54, 1.807) is 0 Å². The van der Waals surface area contributed by atoms with Crippen molar-refractivity contribution < 1.29 is 0 Å². The molecule has 0 aliphatic heterocycles. The molecule has 0 rings (SSSR count). The van der Waals surface area contributed by atoms with Crippen LogP contribution >= 0.6 is 0 Å². The highest BCUT2D eigenvalue weighted by Gasteiger charge is 2.12. The molecule has 0 bridgehead atoms. The molecule has 62 valence electrons. The van der Waals surface area contributed by atoms with Crippen molar-refractivity contribution in [2.24, 2.45) is 0 Å². The van der Waals surface area contributed by atoms with Crippen LogP contribution in [0.3, 0.4) is 0 Å². The van der Waals surface area contributed by atoms with Gasteiger partial charge in [-0.2, -0.15) is 0 Å². The van der Waals surface area contributed by atoms with E-state index >= 15 is 0 Å². The van der Waals surface area contributed by atoms with Gasteiger partial charge < -0.3 is 16.0 Å². The van der Waals surface area contributed by atoms with Gasteiger partial charge in [-0.3, -0.25) is 0 Å². The van der Waals surface area contributed by atoms with Crippen LogP contribution in [0, 0.1) is 0 Å². The van der Waals surface area contributed by atoms with Crippen molar-refractivity contribution in [1.29, 1.82) is 0 Å². The summed E-state index contributed by atoms with van der Waals surface area (Å²) in [6.45, 7) is 2.17. The highest BCUT2D eigenvalue weighted by molar-refractivity contribution is 4.74. The van der Waals surface area contributed by atoms with Crippen molar-refractivity contribution >= 4 is 0 Å². The summed E-state index contributed by atoms with van der Waals surface area (Å²) < 4.78 is 0. The van der Waals surface area contributed by atoms with Gasteiger partial charge in [0.2, 0.25) is 0 Å². The highest BCUT2D eigenvalue weighted by Crippen LogP contribution is 1.92. The first-order chi connectivity index (χ1) is 4.79. The van der Waals surface area contributed by atoms with Gasteiger partial charge in [-0.1, -0.05) is 6.92 Å². The molecule has 0 aromatic heterocycles. The Morgan fingerprint density at radius 2 is 1.50 bits per heavy atom. The molecule has 0 saturated carbocycles. The minimum Gasteiger partial charge on any atom is -0.314 e.